The number of hydrogen-bond donors (Lipinski definition) is 4. The molecule has 1 heterocycles. The molecule has 0 saturated carbocycles. The molecular weight excluding hydrogens is 518 g/mol. The van der Waals surface area contributed by atoms with Crippen molar-refractivity contribution in [2.75, 3.05) is 24.3 Å². The van der Waals surface area contributed by atoms with Crippen molar-refractivity contribution in [2.24, 2.45) is 5.73 Å². The van der Waals surface area contributed by atoms with Gasteiger partial charge in [0.05, 0.1) is 18.4 Å². The van der Waals surface area contributed by atoms with Gasteiger partial charge >= 0.3 is 0 Å². The lowest BCUT2D eigenvalue weighted by molar-refractivity contribution is -0.116. The van der Waals surface area contributed by atoms with Crippen molar-refractivity contribution < 1.29 is 19.4 Å². The van der Waals surface area contributed by atoms with Gasteiger partial charge in [0.15, 0.2) is 5.82 Å². The average Bonchev–Trinajstić information content (AvgIpc) is 2.92. The van der Waals surface area contributed by atoms with Gasteiger partial charge in [-0.1, -0.05) is 35.9 Å². The predicted molar refractivity (Wildman–Crippen MR) is 150 cm³/mol. The van der Waals surface area contributed by atoms with Crippen molar-refractivity contribution in [1.29, 1.82) is 5.26 Å². The number of ether oxygens (including phenoxy) is 1. The van der Waals surface area contributed by atoms with Crippen LogP contribution in [0.15, 0.2) is 72.8 Å². The van der Waals surface area contributed by atoms with Crippen molar-refractivity contribution in [3.63, 3.8) is 0 Å². The molecule has 0 atom stereocenters. The summed E-state index contributed by atoms with van der Waals surface area (Å²) in [4.78, 5) is 29.9. The second-order valence-electron chi connectivity index (χ2n) is 8.37. The molecule has 0 fully saturated rings. The highest BCUT2D eigenvalue weighted by Crippen LogP contribution is 2.37. The van der Waals surface area contributed by atoms with E-state index in [-0.39, 0.29) is 47.3 Å². The van der Waals surface area contributed by atoms with Gasteiger partial charge in [-0.25, -0.2) is 4.98 Å². The Morgan fingerprint density at radius 1 is 1.05 bits per heavy atom. The van der Waals surface area contributed by atoms with E-state index in [1.807, 2.05) is 0 Å². The maximum absolute atomic E-state index is 13.2. The fourth-order valence-electron chi connectivity index (χ4n) is 3.96. The zero-order valence-corrected chi connectivity index (χ0v) is 21.6. The minimum Gasteiger partial charge on any atom is -0.507 e. The summed E-state index contributed by atoms with van der Waals surface area (Å²) in [5.41, 5.74) is 7.92. The summed E-state index contributed by atoms with van der Waals surface area (Å²) in [6.45, 7) is 0.206. The highest BCUT2D eigenvalue weighted by Gasteiger charge is 2.21. The number of carbonyl (C=O) groups is 2. The first-order valence-corrected chi connectivity index (χ1v) is 12.2. The summed E-state index contributed by atoms with van der Waals surface area (Å²) in [5.74, 6) is -0.589. The van der Waals surface area contributed by atoms with Gasteiger partial charge in [-0.3, -0.25) is 9.59 Å². The number of benzene rings is 3. The third-order valence-electron chi connectivity index (χ3n) is 5.78. The van der Waals surface area contributed by atoms with Crippen molar-refractivity contribution in [1.82, 2.24) is 4.98 Å². The first kappa shape index (κ1) is 27.1. The number of amides is 2. The Labute approximate surface area is 229 Å². The number of pyridine rings is 1. The van der Waals surface area contributed by atoms with Crippen LogP contribution in [0.5, 0.6) is 11.5 Å². The molecule has 0 aliphatic rings. The van der Waals surface area contributed by atoms with Crippen LogP contribution in [0, 0.1) is 11.3 Å². The van der Waals surface area contributed by atoms with Crippen LogP contribution >= 0.6 is 11.6 Å². The molecule has 0 aliphatic carbocycles. The number of aromatic hydroxyl groups is 1. The number of nitrogens with zero attached hydrogens (tertiary/aromatic N) is 2. The Morgan fingerprint density at radius 2 is 1.85 bits per heavy atom. The fraction of sp³-hybridized carbons (Fsp3) is 0.103. The lowest BCUT2D eigenvalue weighted by atomic mass is 9.97. The third kappa shape index (κ3) is 6.15. The first-order valence-electron chi connectivity index (χ1n) is 11.8. The molecule has 10 heteroatoms. The van der Waals surface area contributed by atoms with Crippen LogP contribution < -0.4 is 21.1 Å². The number of phenolic OH excluding ortho intramolecular Hbond substituents is 1. The van der Waals surface area contributed by atoms with Crippen molar-refractivity contribution in [3.8, 4) is 40.0 Å². The van der Waals surface area contributed by atoms with E-state index < -0.39 is 5.91 Å². The maximum atomic E-state index is 13.2. The lowest BCUT2D eigenvalue weighted by Crippen LogP contribution is -2.16. The van der Waals surface area contributed by atoms with E-state index in [0.29, 0.717) is 33.1 Å². The topological polar surface area (TPSA) is 150 Å². The van der Waals surface area contributed by atoms with Crippen LogP contribution in [0.1, 0.15) is 22.3 Å². The number of phenols is 1. The van der Waals surface area contributed by atoms with Crippen LogP contribution in [0.3, 0.4) is 0 Å². The number of nitriles is 1. The second-order valence-corrected chi connectivity index (χ2v) is 8.81. The van der Waals surface area contributed by atoms with Crippen LogP contribution in [-0.2, 0) is 4.79 Å². The van der Waals surface area contributed by atoms with Gasteiger partial charge in [-0.2, -0.15) is 5.26 Å². The van der Waals surface area contributed by atoms with E-state index in [4.69, 9.17) is 22.1 Å². The quantitative estimate of drug-likeness (QED) is 0.239. The number of nitrogens with two attached hydrogens (primary N) is 1. The van der Waals surface area contributed by atoms with Crippen molar-refractivity contribution in [2.45, 2.75) is 6.42 Å². The third-order valence-corrected chi connectivity index (χ3v) is 6.01. The molecule has 0 aliphatic heterocycles. The molecule has 0 saturated heterocycles. The molecule has 196 valence electrons. The van der Waals surface area contributed by atoms with Crippen LogP contribution in [-0.4, -0.2) is 35.6 Å². The summed E-state index contributed by atoms with van der Waals surface area (Å²) in [5, 5.41) is 26.6. The standard InChI is InChI=1S/C29H24ClN5O4/c1-39-26-8-3-2-7-21(26)29(38)35-28-23(16-32)22(15-24(34-28)20-10-9-18(30)14-25(20)36)17-5-4-6-19(13-17)33-27(37)11-12-31/h2-10,13-15,36H,11-12,31H2,1H3,(H,33,37)(H,34,35,38). The molecule has 4 aromatic rings. The van der Waals surface area contributed by atoms with E-state index in [9.17, 15) is 20.0 Å². The highest BCUT2D eigenvalue weighted by atomic mass is 35.5. The Hall–Kier alpha value is -4.91. The van der Waals surface area contributed by atoms with Gasteiger partial charge in [0.25, 0.3) is 5.91 Å². The minimum atomic E-state index is -0.539. The average molecular weight is 542 g/mol. The van der Waals surface area contributed by atoms with E-state index in [0.717, 1.165) is 0 Å². The summed E-state index contributed by atoms with van der Waals surface area (Å²) in [6.07, 6.45) is 0.155. The van der Waals surface area contributed by atoms with Gasteiger partial charge in [-0.15, -0.1) is 0 Å². The molecule has 39 heavy (non-hydrogen) atoms. The number of anilines is 2. The number of hydrogen-bond acceptors (Lipinski definition) is 7. The van der Waals surface area contributed by atoms with Crippen LogP contribution in [0.2, 0.25) is 5.02 Å². The molecular formula is C29H24ClN5O4. The number of methoxy groups -OCH3 is 1. The fourth-order valence-corrected chi connectivity index (χ4v) is 4.13. The first-order chi connectivity index (χ1) is 18.8. The van der Waals surface area contributed by atoms with Crippen LogP contribution in [0.25, 0.3) is 22.4 Å². The molecule has 0 spiro atoms. The smallest absolute Gasteiger partial charge is 0.260 e. The van der Waals surface area contributed by atoms with Gasteiger partial charge in [0.2, 0.25) is 5.91 Å². The summed E-state index contributed by atoms with van der Waals surface area (Å²) < 4.78 is 5.30. The number of rotatable bonds is 8. The zero-order chi connectivity index (χ0) is 27.9. The molecule has 2 amide bonds. The molecule has 5 N–H and O–H groups in total. The SMILES string of the molecule is COc1ccccc1C(=O)Nc1nc(-c2ccc(Cl)cc2O)cc(-c2cccc(NC(=O)CCN)c2)c1C#N. The molecule has 4 rings (SSSR count). The number of halogens is 1. The Bertz CT molecular complexity index is 1600. The lowest BCUT2D eigenvalue weighted by Gasteiger charge is -2.16. The van der Waals surface area contributed by atoms with E-state index >= 15 is 0 Å². The number of para-hydroxylation sites is 1. The largest absolute Gasteiger partial charge is 0.507 e. The molecule has 3 aromatic carbocycles. The van der Waals surface area contributed by atoms with Crippen LogP contribution in [0.4, 0.5) is 11.5 Å². The molecule has 9 nitrogen and oxygen atoms in total. The van der Waals surface area contributed by atoms with Gasteiger partial charge in [-0.05, 0) is 54.1 Å². The second kappa shape index (κ2) is 12.1. The Kier molecular flexibility index (Phi) is 8.41. The maximum Gasteiger partial charge on any atom is 0.260 e. The van der Waals surface area contributed by atoms with Crippen molar-refractivity contribution in [3.05, 3.63) is 88.9 Å². The van der Waals surface area contributed by atoms with E-state index in [1.54, 1.807) is 66.7 Å². The molecule has 0 radical (unpaired) electrons. The number of aromatic nitrogens is 1. The highest BCUT2D eigenvalue weighted by molar-refractivity contribution is 6.30. The van der Waals surface area contributed by atoms with E-state index in [1.165, 1.54) is 13.2 Å². The van der Waals surface area contributed by atoms with Gasteiger partial charge in [0, 0.05) is 34.8 Å². The predicted octanol–water partition coefficient (Wildman–Crippen LogP) is 5.19. The molecule has 0 unspecified atom stereocenters. The summed E-state index contributed by atoms with van der Waals surface area (Å²) >= 11 is 6.02. The number of carbonyl (C=O) groups excluding carboxylic acids is 2. The molecule has 1 aromatic heterocycles. The Morgan fingerprint density at radius 3 is 2.56 bits per heavy atom. The monoisotopic (exact) mass is 541 g/mol. The summed E-state index contributed by atoms with van der Waals surface area (Å²) in [6, 6.07) is 21.9. The Balaban J connectivity index is 1.87. The van der Waals surface area contributed by atoms with E-state index in [2.05, 4.69) is 21.7 Å². The normalized spacial score (nSPS) is 10.4. The summed E-state index contributed by atoms with van der Waals surface area (Å²) in [7, 11) is 1.45. The number of nitrogens with one attached hydrogen (secondary N) is 2. The minimum absolute atomic E-state index is 0.0205. The van der Waals surface area contributed by atoms with Gasteiger partial charge < -0.3 is 26.2 Å². The molecule has 0 bridgehead atoms. The van der Waals surface area contributed by atoms with Gasteiger partial charge in [0.1, 0.15) is 23.1 Å². The zero-order valence-electron chi connectivity index (χ0n) is 20.9. The van der Waals surface area contributed by atoms with Crippen molar-refractivity contribution >= 4 is 34.9 Å².